The summed E-state index contributed by atoms with van der Waals surface area (Å²) in [6, 6.07) is 10.0. The Labute approximate surface area is 127 Å². The Morgan fingerprint density at radius 2 is 1.68 bits per heavy atom. The average Bonchev–Trinajstić information content (AvgIpc) is 2.78. The lowest BCUT2D eigenvalue weighted by Crippen LogP contribution is -2.13. The van der Waals surface area contributed by atoms with Gasteiger partial charge in [0.2, 0.25) is 0 Å². The third-order valence-corrected chi connectivity index (χ3v) is 4.77. The molecule has 0 aliphatic heterocycles. The Balaban J connectivity index is 2.05. The first-order valence-corrected chi connectivity index (χ1v) is 8.15. The van der Waals surface area contributed by atoms with Crippen molar-refractivity contribution in [1.82, 2.24) is 9.97 Å². The topological polar surface area (TPSA) is 94.8 Å². The van der Waals surface area contributed by atoms with Gasteiger partial charge in [-0.25, -0.2) is 13.2 Å². The van der Waals surface area contributed by atoms with Crippen LogP contribution in [-0.4, -0.2) is 18.4 Å². The first-order valence-electron chi connectivity index (χ1n) is 6.67. The SMILES string of the molecule is Cc1cccc(S(=O)(=O)Nc2cc3[nH]c(=O)[nH]c3cc2C)c1. The van der Waals surface area contributed by atoms with Crippen LogP contribution in [-0.2, 0) is 10.0 Å². The first-order chi connectivity index (χ1) is 10.3. The Bertz CT molecular complexity index is 1020. The number of sulfonamides is 1. The van der Waals surface area contributed by atoms with E-state index in [2.05, 4.69) is 14.7 Å². The van der Waals surface area contributed by atoms with Crippen LogP contribution < -0.4 is 10.4 Å². The molecule has 3 rings (SSSR count). The molecule has 0 spiro atoms. The highest BCUT2D eigenvalue weighted by Crippen LogP contribution is 2.23. The normalized spacial score (nSPS) is 11.7. The number of hydrogen-bond donors (Lipinski definition) is 3. The van der Waals surface area contributed by atoms with Crippen LogP contribution in [0, 0.1) is 13.8 Å². The monoisotopic (exact) mass is 317 g/mol. The Morgan fingerprint density at radius 1 is 1.00 bits per heavy atom. The molecule has 6 nitrogen and oxygen atoms in total. The van der Waals surface area contributed by atoms with Crippen molar-refractivity contribution < 1.29 is 8.42 Å². The summed E-state index contributed by atoms with van der Waals surface area (Å²) in [6.07, 6.45) is 0. The van der Waals surface area contributed by atoms with Crippen LogP contribution in [0.25, 0.3) is 11.0 Å². The van der Waals surface area contributed by atoms with Crippen LogP contribution in [0.5, 0.6) is 0 Å². The van der Waals surface area contributed by atoms with Gasteiger partial charge in [0.25, 0.3) is 10.0 Å². The maximum absolute atomic E-state index is 12.5. The molecule has 22 heavy (non-hydrogen) atoms. The van der Waals surface area contributed by atoms with Crippen molar-refractivity contribution in [1.29, 1.82) is 0 Å². The molecule has 0 saturated carbocycles. The number of fused-ring (bicyclic) bond motifs is 1. The molecular formula is C15H15N3O3S. The summed E-state index contributed by atoms with van der Waals surface area (Å²) in [5.41, 5.74) is 2.89. The molecule has 114 valence electrons. The summed E-state index contributed by atoms with van der Waals surface area (Å²) in [6.45, 7) is 3.61. The lowest BCUT2D eigenvalue weighted by Gasteiger charge is -2.11. The maximum Gasteiger partial charge on any atom is 0.323 e. The number of aryl methyl sites for hydroxylation is 2. The van der Waals surface area contributed by atoms with Gasteiger partial charge in [-0.05, 0) is 49.2 Å². The van der Waals surface area contributed by atoms with E-state index < -0.39 is 10.0 Å². The number of aromatic nitrogens is 2. The zero-order chi connectivity index (χ0) is 15.9. The zero-order valence-corrected chi connectivity index (χ0v) is 12.9. The molecule has 3 aromatic rings. The van der Waals surface area contributed by atoms with Crippen LogP contribution in [0.3, 0.4) is 0 Å². The number of imidazole rings is 1. The molecule has 0 fully saturated rings. The minimum atomic E-state index is -3.67. The predicted octanol–water partition coefficient (Wildman–Crippen LogP) is 2.27. The quantitative estimate of drug-likeness (QED) is 0.691. The fourth-order valence-electron chi connectivity index (χ4n) is 2.29. The van der Waals surface area contributed by atoms with Crippen molar-refractivity contribution in [3.8, 4) is 0 Å². The second-order valence-corrected chi connectivity index (χ2v) is 6.90. The molecule has 0 amide bonds. The summed E-state index contributed by atoms with van der Waals surface area (Å²) in [5, 5.41) is 0. The molecule has 3 N–H and O–H groups in total. The average molecular weight is 317 g/mol. The largest absolute Gasteiger partial charge is 0.323 e. The van der Waals surface area contributed by atoms with Gasteiger partial charge in [-0.3, -0.25) is 4.72 Å². The lowest BCUT2D eigenvalue weighted by atomic mass is 10.2. The Morgan fingerprint density at radius 3 is 2.36 bits per heavy atom. The smallest absolute Gasteiger partial charge is 0.306 e. The van der Waals surface area contributed by atoms with E-state index in [1.807, 2.05) is 13.0 Å². The maximum atomic E-state index is 12.5. The number of rotatable bonds is 3. The zero-order valence-electron chi connectivity index (χ0n) is 12.1. The van der Waals surface area contributed by atoms with Crippen molar-refractivity contribution in [2.24, 2.45) is 0 Å². The van der Waals surface area contributed by atoms with Gasteiger partial charge in [0.1, 0.15) is 0 Å². The number of anilines is 1. The van der Waals surface area contributed by atoms with Gasteiger partial charge in [0, 0.05) is 0 Å². The molecule has 0 aliphatic rings. The minimum Gasteiger partial charge on any atom is -0.306 e. The summed E-state index contributed by atoms with van der Waals surface area (Å²) < 4.78 is 27.5. The number of H-pyrrole nitrogens is 2. The number of nitrogens with one attached hydrogen (secondary N) is 3. The highest BCUT2D eigenvalue weighted by molar-refractivity contribution is 7.92. The van der Waals surface area contributed by atoms with Crippen LogP contribution in [0.15, 0.2) is 46.1 Å². The number of aromatic amines is 2. The predicted molar refractivity (Wildman–Crippen MR) is 85.6 cm³/mol. The molecule has 0 atom stereocenters. The van der Waals surface area contributed by atoms with Gasteiger partial charge < -0.3 is 9.97 Å². The second kappa shape index (κ2) is 5.03. The van der Waals surface area contributed by atoms with E-state index in [4.69, 9.17) is 0 Å². The molecular weight excluding hydrogens is 302 g/mol. The van der Waals surface area contributed by atoms with Gasteiger partial charge >= 0.3 is 5.69 Å². The van der Waals surface area contributed by atoms with E-state index in [-0.39, 0.29) is 10.6 Å². The van der Waals surface area contributed by atoms with Gasteiger partial charge in [0.15, 0.2) is 0 Å². The fourth-order valence-corrected chi connectivity index (χ4v) is 3.51. The van der Waals surface area contributed by atoms with E-state index in [1.54, 1.807) is 37.3 Å². The van der Waals surface area contributed by atoms with Crippen molar-refractivity contribution >= 4 is 26.7 Å². The Kier molecular flexibility index (Phi) is 3.29. The Hall–Kier alpha value is -2.54. The summed E-state index contributed by atoms with van der Waals surface area (Å²) in [4.78, 5) is 16.8. The van der Waals surface area contributed by atoms with E-state index in [1.165, 1.54) is 0 Å². The number of benzene rings is 2. The highest BCUT2D eigenvalue weighted by Gasteiger charge is 2.16. The summed E-state index contributed by atoms with van der Waals surface area (Å²) >= 11 is 0. The third-order valence-electron chi connectivity index (χ3n) is 3.41. The van der Waals surface area contributed by atoms with Crippen LogP contribution in [0.1, 0.15) is 11.1 Å². The molecule has 7 heteroatoms. The minimum absolute atomic E-state index is 0.203. The fraction of sp³-hybridized carbons (Fsp3) is 0.133. The molecule has 2 aromatic carbocycles. The van der Waals surface area contributed by atoms with Gasteiger partial charge in [0.05, 0.1) is 21.6 Å². The van der Waals surface area contributed by atoms with Gasteiger partial charge in [-0.2, -0.15) is 0 Å². The highest BCUT2D eigenvalue weighted by atomic mass is 32.2. The summed E-state index contributed by atoms with van der Waals surface area (Å²) in [5.74, 6) is 0. The standard InChI is InChI=1S/C15H15N3O3S/c1-9-4-3-5-11(6-9)22(20,21)18-12-8-14-13(7-10(12)2)16-15(19)17-14/h3-8,18H,1-2H3,(H2,16,17,19). The van der Waals surface area contributed by atoms with Gasteiger partial charge in [-0.15, -0.1) is 0 Å². The number of hydrogen-bond acceptors (Lipinski definition) is 3. The van der Waals surface area contributed by atoms with E-state index in [9.17, 15) is 13.2 Å². The van der Waals surface area contributed by atoms with Crippen LogP contribution in [0.2, 0.25) is 0 Å². The molecule has 0 saturated heterocycles. The third kappa shape index (κ3) is 2.62. The molecule has 1 heterocycles. The lowest BCUT2D eigenvalue weighted by molar-refractivity contribution is 0.601. The van der Waals surface area contributed by atoms with Crippen molar-refractivity contribution in [2.75, 3.05) is 4.72 Å². The molecule has 1 aromatic heterocycles. The van der Waals surface area contributed by atoms with E-state index >= 15 is 0 Å². The van der Waals surface area contributed by atoms with Crippen LogP contribution in [0.4, 0.5) is 5.69 Å². The molecule has 0 bridgehead atoms. The van der Waals surface area contributed by atoms with Crippen LogP contribution >= 0.6 is 0 Å². The van der Waals surface area contributed by atoms with E-state index in [0.717, 1.165) is 11.1 Å². The van der Waals surface area contributed by atoms with E-state index in [0.29, 0.717) is 16.7 Å². The molecule has 0 radical (unpaired) electrons. The van der Waals surface area contributed by atoms with Crippen molar-refractivity contribution in [3.05, 3.63) is 58.0 Å². The summed E-state index contributed by atoms with van der Waals surface area (Å²) in [7, 11) is -3.67. The first kappa shape index (κ1) is 14.4. The molecule has 0 aliphatic carbocycles. The molecule has 0 unspecified atom stereocenters. The van der Waals surface area contributed by atoms with Gasteiger partial charge in [-0.1, -0.05) is 12.1 Å². The van der Waals surface area contributed by atoms with Crippen molar-refractivity contribution in [2.45, 2.75) is 18.7 Å². The second-order valence-electron chi connectivity index (χ2n) is 5.21. The van der Waals surface area contributed by atoms with Crippen molar-refractivity contribution in [3.63, 3.8) is 0 Å².